The normalized spacial score (nSPS) is 20.0. The summed E-state index contributed by atoms with van der Waals surface area (Å²) in [5.74, 6) is -0.197. The molecule has 1 fully saturated rings. The summed E-state index contributed by atoms with van der Waals surface area (Å²) in [4.78, 5) is 30.8. The zero-order chi connectivity index (χ0) is 22.9. The van der Waals surface area contributed by atoms with Crippen LogP contribution in [0.1, 0.15) is 18.4 Å². The van der Waals surface area contributed by atoms with E-state index < -0.39 is 4.92 Å². The standard InChI is InChI=1S/C24H24N4O5/c1-32-23-13-16(3-7-22(23)28(30)31)15-2-5-18-20(12-15)25-21-14-17(27-8-10-33-11-9-27)4-6-19(21)26-24(18)29/h3-4,6-7,12-14,18H,2,5,8-11H2,1H3,(H,26,29). The first kappa shape index (κ1) is 21.1. The molecule has 9 nitrogen and oxygen atoms in total. The molecule has 1 atom stereocenters. The van der Waals surface area contributed by atoms with Gasteiger partial charge in [-0.1, -0.05) is 0 Å². The van der Waals surface area contributed by atoms with E-state index in [9.17, 15) is 14.9 Å². The van der Waals surface area contributed by atoms with Crippen molar-refractivity contribution in [2.45, 2.75) is 12.8 Å². The SMILES string of the molecule is COc1cc(C2=CC3=Nc4cc(N5CCOCC5)ccc4NC(=O)C3CC2)ccc1[N+](=O)[O-]. The van der Waals surface area contributed by atoms with Gasteiger partial charge in [-0.2, -0.15) is 0 Å². The van der Waals surface area contributed by atoms with Crippen LogP contribution in [0.4, 0.5) is 22.7 Å². The first-order chi connectivity index (χ1) is 16.0. The van der Waals surface area contributed by atoms with Crippen LogP contribution in [0.2, 0.25) is 0 Å². The van der Waals surface area contributed by atoms with Gasteiger partial charge in [-0.15, -0.1) is 0 Å². The van der Waals surface area contributed by atoms with Crippen LogP contribution in [0.5, 0.6) is 5.75 Å². The quantitative estimate of drug-likeness (QED) is 0.561. The number of carbonyl (C=O) groups excluding carboxylic acids is 1. The van der Waals surface area contributed by atoms with E-state index in [1.165, 1.54) is 13.2 Å². The molecule has 9 heteroatoms. The van der Waals surface area contributed by atoms with Gasteiger partial charge in [0.1, 0.15) is 0 Å². The molecule has 170 valence electrons. The van der Waals surface area contributed by atoms with Crippen LogP contribution in [-0.4, -0.2) is 50.0 Å². The minimum Gasteiger partial charge on any atom is -0.490 e. The van der Waals surface area contributed by atoms with Crippen LogP contribution in [0.15, 0.2) is 47.5 Å². The molecule has 1 aliphatic carbocycles. The Balaban J connectivity index is 1.52. The Kier molecular flexibility index (Phi) is 5.55. The van der Waals surface area contributed by atoms with Gasteiger partial charge >= 0.3 is 5.69 Å². The van der Waals surface area contributed by atoms with E-state index in [1.807, 2.05) is 24.3 Å². The summed E-state index contributed by atoms with van der Waals surface area (Å²) in [7, 11) is 1.42. The lowest BCUT2D eigenvalue weighted by Crippen LogP contribution is -2.36. The van der Waals surface area contributed by atoms with Gasteiger partial charge in [-0.25, -0.2) is 0 Å². The maximum Gasteiger partial charge on any atom is 0.310 e. The van der Waals surface area contributed by atoms with Crippen molar-refractivity contribution < 1.29 is 19.2 Å². The van der Waals surface area contributed by atoms with Gasteiger partial charge in [-0.05, 0) is 60.4 Å². The molecule has 0 saturated carbocycles. The number of nitrogens with one attached hydrogen (secondary N) is 1. The number of nitro groups is 1. The molecule has 0 aromatic heterocycles. The Morgan fingerprint density at radius 3 is 2.79 bits per heavy atom. The second kappa shape index (κ2) is 8.67. The van der Waals surface area contributed by atoms with Gasteiger partial charge in [0.2, 0.25) is 5.91 Å². The van der Waals surface area contributed by atoms with Gasteiger partial charge in [0.25, 0.3) is 0 Å². The number of nitrogens with zero attached hydrogens (tertiary/aromatic N) is 3. The van der Waals surface area contributed by atoms with Gasteiger partial charge in [0.05, 0.1) is 48.3 Å². The number of anilines is 2. The van der Waals surface area contributed by atoms with Gasteiger partial charge < -0.3 is 19.7 Å². The predicted octanol–water partition coefficient (Wildman–Crippen LogP) is 3.96. The average molecular weight is 448 g/mol. The number of aliphatic imine (C=N–C) groups is 1. The topological polar surface area (TPSA) is 106 Å². The number of hydrogen-bond acceptors (Lipinski definition) is 7. The van der Waals surface area contributed by atoms with Crippen LogP contribution >= 0.6 is 0 Å². The third-order valence-corrected chi connectivity index (χ3v) is 6.31. The molecule has 2 heterocycles. The van der Waals surface area contributed by atoms with E-state index in [1.54, 1.807) is 12.1 Å². The fourth-order valence-corrected chi connectivity index (χ4v) is 4.53. The summed E-state index contributed by atoms with van der Waals surface area (Å²) in [6, 6.07) is 10.8. The molecule has 2 aliphatic heterocycles. The van der Waals surface area contributed by atoms with Crippen molar-refractivity contribution in [2.75, 3.05) is 43.6 Å². The highest BCUT2D eigenvalue weighted by Crippen LogP contribution is 2.39. The van der Waals surface area contributed by atoms with Gasteiger partial charge in [0, 0.05) is 24.8 Å². The molecule has 2 aromatic carbocycles. The fraction of sp³-hybridized carbons (Fsp3) is 0.333. The van der Waals surface area contributed by atoms with Crippen molar-refractivity contribution in [3.63, 3.8) is 0 Å². The molecule has 0 radical (unpaired) electrons. The number of allylic oxidation sites excluding steroid dienone is 2. The second-order valence-electron chi connectivity index (χ2n) is 8.23. The van der Waals surface area contributed by atoms with Crippen LogP contribution in [0.3, 0.4) is 0 Å². The van der Waals surface area contributed by atoms with Crippen molar-refractivity contribution in [3.8, 4) is 5.75 Å². The highest BCUT2D eigenvalue weighted by Gasteiger charge is 2.31. The van der Waals surface area contributed by atoms with E-state index >= 15 is 0 Å². The summed E-state index contributed by atoms with van der Waals surface area (Å²) < 4.78 is 10.7. The molecule has 5 rings (SSSR count). The van der Waals surface area contributed by atoms with E-state index in [-0.39, 0.29) is 23.3 Å². The lowest BCUT2D eigenvalue weighted by Gasteiger charge is -2.29. The van der Waals surface area contributed by atoms with Crippen LogP contribution in [0.25, 0.3) is 5.57 Å². The average Bonchev–Trinajstić information content (AvgIpc) is 2.98. The number of methoxy groups -OCH3 is 1. The minimum atomic E-state index is -0.462. The monoisotopic (exact) mass is 448 g/mol. The van der Waals surface area contributed by atoms with Crippen molar-refractivity contribution in [2.24, 2.45) is 10.9 Å². The maximum atomic E-state index is 12.9. The fourth-order valence-electron chi connectivity index (χ4n) is 4.53. The van der Waals surface area contributed by atoms with E-state index in [4.69, 9.17) is 14.5 Å². The number of morpholine rings is 1. The van der Waals surface area contributed by atoms with Gasteiger partial charge in [0.15, 0.2) is 5.75 Å². The molecule has 1 saturated heterocycles. The minimum absolute atomic E-state index is 0.0665. The molecule has 1 unspecified atom stereocenters. The Morgan fingerprint density at radius 2 is 2.03 bits per heavy atom. The molecule has 0 spiro atoms. The van der Waals surface area contributed by atoms with E-state index in [0.717, 1.165) is 35.6 Å². The first-order valence-corrected chi connectivity index (χ1v) is 10.9. The lowest BCUT2D eigenvalue weighted by molar-refractivity contribution is -0.385. The molecule has 3 aliphatic rings. The Morgan fingerprint density at radius 1 is 1.21 bits per heavy atom. The number of nitro benzene ring substituents is 1. The molecule has 0 bridgehead atoms. The van der Waals surface area contributed by atoms with Crippen LogP contribution in [-0.2, 0) is 9.53 Å². The zero-order valence-corrected chi connectivity index (χ0v) is 18.2. The van der Waals surface area contributed by atoms with Crippen molar-refractivity contribution in [1.82, 2.24) is 0 Å². The third kappa shape index (κ3) is 4.07. The molecular formula is C24H24N4O5. The summed E-state index contributed by atoms with van der Waals surface area (Å²) in [6.07, 6.45) is 3.21. The van der Waals surface area contributed by atoms with E-state index in [2.05, 4.69) is 10.2 Å². The first-order valence-electron chi connectivity index (χ1n) is 10.9. The number of hydrogen-bond donors (Lipinski definition) is 1. The maximum absolute atomic E-state index is 12.9. The number of benzene rings is 2. The van der Waals surface area contributed by atoms with Crippen molar-refractivity contribution in [1.29, 1.82) is 0 Å². The summed E-state index contributed by atoms with van der Waals surface area (Å²) in [6.45, 7) is 3.01. The second-order valence-corrected chi connectivity index (χ2v) is 8.23. The smallest absolute Gasteiger partial charge is 0.310 e. The largest absolute Gasteiger partial charge is 0.490 e. The molecule has 33 heavy (non-hydrogen) atoms. The highest BCUT2D eigenvalue weighted by molar-refractivity contribution is 6.19. The number of amides is 1. The molecular weight excluding hydrogens is 424 g/mol. The number of ether oxygens (including phenoxy) is 2. The Hall–Kier alpha value is -3.72. The predicted molar refractivity (Wildman–Crippen MR) is 126 cm³/mol. The molecule has 1 amide bonds. The number of rotatable bonds is 4. The summed E-state index contributed by atoms with van der Waals surface area (Å²) in [5.41, 5.74) is 4.89. The van der Waals surface area contributed by atoms with Crippen LogP contribution < -0.4 is 15.0 Å². The number of carbonyl (C=O) groups is 1. The zero-order valence-electron chi connectivity index (χ0n) is 18.2. The van der Waals surface area contributed by atoms with Crippen LogP contribution in [0, 0.1) is 16.0 Å². The number of fused-ring (bicyclic) bond motifs is 2. The lowest BCUT2D eigenvalue weighted by atomic mass is 9.84. The molecule has 2 aromatic rings. The van der Waals surface area contributed by atoms with Gasteiger partial charge in [-0.3, -0.25) is 19.9 Å². The Labute approximate surface area is 190 Å². The summed E-state index contributed by atoms with van der Waals surface area (Å²) in [5, 5.41) is 14.2. The molecule has 1 N–H and O–H groups in total. The third-order valence-electron chi connectivity index (χ3n) is 6.31. The van der Waals surface area contributed by atoms with E-state index in [0.29, 0.717) is 37.5 Å². The summed E-state index contributed by atoms with van der Waals surface area (Å²) >= 11 is 0. The van der Waals surface area contributed by atoms with Crippen molar-refractivity contribution >= 4 is 39.9 Å². The van der Waals surface area contributed by atoms with Crippen molar-refractivity contribution in [3.05, 3.63) is 58.2 Å². The highest BCUT2D eigenvalue weighted by atomic mass is 16.6. The Bertz CT molecular complexity index is 1180.